The lowest BCUT2D eigenvalue weighted by molar-refractivity contribution is 0.242. The first kappa shape index (κ1) is 19.8. The first-order chi connectivity index (χ1) is 13.4. The molecule has 1 N–H and O–H groups in total. The van der Waals surface area contributed by atoms with Gasteiger partial charge in [0.1, 0.15) is 5.82 Å². The molecule has 0 amide bonds. The summed E-state index contributed by atoms with van der Waals surface area (Å²) in [7, 11) is -3.31. The lowest BCUT2D eigenvalue weighted by atomic mass is 10.1. The van der Waals surface area contributed by atoms with Crippen LogP contribution in [0.4, 0.5) is 0 Å². The predicted molar refractivity (Wildman–Crippen MR) is 110 cm³/mol. The summed E-state index contributed by atoms with van der Waals surface area (Å²) in [5.41, 5.74) is 2.69. The Labute approximate surface area is 169 Å². The Morgan fingerprint density at radius 1 is 1.36 bits per heavy atom. The van der Waals surface area contributed by atoms with E-state index in [1.165, 1.54) is 14.7 Å². The molecule has 0 aliphatic carbocycles. The minimum atomic E-state index is -3.31. The molecule has 0 saturated carbocycles. The second-order valence-corrected chi connectivity index (χ2v) is 10.7. The molecule has 9 heteroatoms. The Bertz CT molecular complexity index is 1030. The molecule has 2 aliphatic rings. The van der Waals surface area contributed by atoms with Crippen molar-refractivity contribution in [1.82, 2.24) is 19.2 Å². The number of aromatic nitrogens is 2. The zero-order chi connectivity index (χ0) is 19.9. The maximum atomic E-state index is 12.8. The summed E-state index contributed by atoms with van der Waals surface area (Å²) in [5.74, 6) is 0.566. The summed E-state index contributed by atoms with van der Waals surface area (Å²) in [5, 5.41) is 2.10. The standard InChI is InChI=1S/C19H26N4O3S2/c1-3-28(25,26)23-8-4-5-16(23)18-20-15-6-9-22(11-14(15)19(24)21-18)12-17-13(2)7-10-27-17/h7,10,16H,3-6,8-9,11-12H2,1-2H3,(H,20,21,24)/t16-/m1/s1. The molecule has 4 heterocycles. The highest BCUT2D eigenvalue weighted by atomic mass is 32.2. The van der Waals surface area contributed by atoms with E-state index in [2.05, 4.69) is 28.3 Å². The Morgan fingerprint density at radius 3 is 2.89 bits per heavy atom. The van der Waals surface area contributed by atoms with Gasteiger partial charge in [0.05, 0.1) is 23.1 Å². The Balaban J connectivity index is 1.58. The lowest BCUT2D eigenvalue weighted by Crippen LogP contribution is -2.38. The van der Waals surface area contributed by atoms with E-state index in [4.69, 9.17) is 4.98 Å². The highest BCUT2D eigenvalue weighted by Gasteiger charge is 2.36. The Kier molecular flexibility index (Phi) is 5.43. The SMILES string of the molecule is CCS(=O)(=O)N1CCC[C@@H]1c1nc2c(c(=O)[nH]1)CN(Cc1sccc1C)CC2. The molecule has 7 nitrogen and oxygen atoms in total. The van der Waals surface area contributed by atoms with Gasteiger partial charge >= 0.3 is 0 Å². The molecule has 2 aromatic heterocycles. The van der Waals surface area contributed by atoms with Gasteiger partial charge in [-0.25, -0.2) is 13.4 Å². The molecule has 2 aromatic rings. The number of H-pyrrole nitrogens is 1. The molecule has 0 spiro atoms. The second kappa shape index (κ2) is 7.70. The zero-order valence-electron chi connectivity index (χ0n) is 16.3. The normalized spacial score (nSPS) is 21.1. The Hall–Kier alpha value is -1.55. The van der Waals surface area contributed by atoms with Gasteiger partial charge in [-0.2, -0.15) is 4.31 Å². The van der Waals surface area contributed by atoms with Gasteiger partial charge in [0.25, 0.3) is 5.56 Å². The molecular weight excluding hydrogens is 396 g/mol. The number of aryl methyl sites for hydroxylation is 1. The van der Waals surface area contributed by atoms with Gasteiger partial charge in [0, 0.05) is 37.5 Å². The molecule has 152 valence electrons. The van der Waals surface area contributed by atoms with Crippen LogP contribution in [0.3, 0.4) is 0 Å². The van der Waals surface area contributed by atoms with Gasteiger partial charge in [-0.05, 0) is 43.7 Å². The van der Waals surface area contributed by atoms with Crippen LogP contribution in [-0.2, 0) is 29.5 Å². The Morgan fingerprint density at radius 2 is 2.18 bits per heavy atom. The van der Waals surface area contributed by atoms with Crippen LogP contribution in [0.5, 0.6) is 0 Å². The summed E-state index contributed by atoms with van der Waals surface area (Å²) in [6, 6.07) is 1.77. The molecule has 0 aromatic carbocycles. The summed E-state index contributed by atoms with van der Waals surface area (Å²) in [6.07, 6.45) is 2.20. The van der Waals surface area contributed by atoms with Crippen molar-refractivity contribution in [1.29, 1.82) is 0 Å². The van der Waals surface area contributed by atoms with Crippen molar-refractivity contribution in [3.8, 4) is 0 Å². The van der Waals surface area contributed by atoms with Crippen LogP contribution in [0.15, 0.2) is 16.2 Å². The number of thiophene rings is 1. The van der Waals surface area contributed by atoms with Crippen LogP contribution in [-0.4, -0.2) is 46.4 Å². The first-order valence-corrected chi connectivity index (χ1v) is 12.2. The maximum Gasteiger partial charge on any atom is 0.255 e. The molecule has 28 heavy (non-hydrogen) atoms. The van der Waals surface area contributed by atoms with E-state index in [1.54, 1.807) is 18.3 Å². The third-order valence-corrected chi connectivity index (χ3v) is 8.63. The van der Waals surface area contributed by atoms with Crippen molar-refractivity contribution in [2.45, 2.75) is 52.2 Å². The van der Waals surface area contributed by atoms with Crippen LogP contribution in [0.2, 0.25) is 0 Å². The van der Waals surface area contributed by atoms with Gasteiger partial charge in [-0.3, -0.25) is 9.69 Å². The molecule has 1 fully saturated rings. The number of hydrogen-bond donors (Lipinski definition) is 1. The lowest BCUT2D eigenvalue weighted by Gasteiger charge is -2.29. The number of sulfonamides is 1. The fraction of sp³-hybridized carbons (Fsp3) is 0.579. The smallest absolute Gasteiger partial charge is 0.255 e. The number of rotatable bonds is 5. The van der Waals surface area contributed by atoms with Gasteiger partial charge < -0.3 is 4.98 Å². The predicted octanol–water partition coefficient (Wildman–Crippen LogP) is 2.18. The third kappa shape index (κ3) is 3.68. The van der Waals surface area contributed by atoms with Crippen molar-refractivity contribution >= 4 is 21.4 Å². The van der Waals surface area contributed by atoms with Crippen molar-refractivity contribution in [2.75, 3.05) is 18.8 Å². The highest BCUT2D eigenvalue weighted by molar-refractivity contribution is 7.89. The van der Waals surface area contributed by atoms with Crippen molar-refractivity contribution in [3.63, 3.8) is 0 Å². The van der Waals surface area contributed by atoms with Crippen LogP contribution in [0.25, 0.3) is 0 Å². The molecule has 0 bridgehead atoms. The third-order valence-electron chi connectivity index (χ3n) is 5.74. The van der Waals surface area contributed by atoms with Crippen LogP contribution < -0.4 is 5.56 Å². The van der Waals surface area contributed by atoms with Crippen LogP contribution >= 0.6 is 11.3 Å². The maximum absolute atomic E-state index is 12.8. The largest absolute Gasteiger partial charge is 0.309 e. The van der Waals surface area contributed by atoms with Gasteiger partial charge in [-0.15, -0.1) is 11.3 Å². The highest BCUT2D eigenvalue weighted by Crippen LogP contribution is 2.33. The molecule has 4 rings (SSSR count). The number of aromatic amines is 1. The van der Waals surface area contributed by atoms with Crippen molar-refractivity contribution in [3.05, 3.63) is 49.3 Å². The molecular formula is C19H26N4O3S2. The number of fused-ring (bicyclic) bond motifs is 1. The summed E-state index contributed by atoms with van der Waals surface area (Å²) in [4.78, 5) is 24.0. The van der Waals surface area contributed by atoms with Crippen LogP contribution in [0.1, 0.15) is 53.3 Å². The second-order valence-electron chi connectivity index (χ2n) is 7.53. The van der Waals surface area contributed by atoms with E-state index in [0.29, 0.717) is 37.3 Å². The number of nitrogens with zero attached hydrogens (tertiary/aromatic N) is 3. The van der Waals surface area contributed by atoms with Crippen molar-refractivity contribution in [2.24, 2.45) is 0 Å². The molecule has 1 atom stereocenters. The van der Waals surface area contributed by atoms with Crippen LogP contribution in [0, 0.1) is 6.92 Å². The molecule has 2 aliphatic heterocycles. The minimum absolute atomic E-state index is 0.0652. The van der Waals surface area contributed by atoms with E-state index in [9.17, 15) is 13.2 Å². The number of nitrogens with one attached hydrogen (secondary N) is 1. The number of hydrogen-bond acceptors (Lipinski definition) is 6. The molecule has 0 radical (unpaired) electrons. The average molecular weight is 423 g/mol. The van der Waals surface area contributed by atoms with E-state index in [1.807, 2.05) is 0 Å². The minimum Gasteiger partial charge on any atom is -0.309 e. The van der Waals surface area contributed by atoms with E-state index in [0.717, 1.165) is 25.2 Å². The summed E-state index contributed by atoms with van der Waals surface area (Å²) in [6.45, 7) is 6.53. The average Bonchev–Trinajstić information content (AvgIpc) is 3.32. The van der Waals surface area contributed by atoms with E-state index >= 15 is 0 Å². The monoisotopic (exact) mass is 422 g/mol. The first-order valence-electron chi connectivity index (χ1n) is 9.76. The van der Waals surface area contributed by atoms with E-state index < -0.39 is 10.0 Å². The summed E-state index contributed by atoms with van der Waals surface area (Å²) >= 11 is 1.75. The summed E-state index contributed by atoms with van der Waals surface area (Å²) < 4.78 is 26.3. The van der Waals surface area contributed by atoms with Crippen molar-refractivity contribution < 1.29 is 8.42 Å². The van der Waals surface area contributed by atoms with Gasteiger partial charge in [0.2, 0.25) is 10.0 Å². The van der Waals surface area contributed by atoms with Gasteiger partial charge in [0.15, 0.2) is 0 Å². The molecule has 1 saturated heterocycles. The quantitative estimate of drug-likeness (QED) is 0.798. The topological polar surface area (TPSA) is 86.4 Å². The fourth-order valence-electron chi connectivity index (χ4n) is 4.07. The molecule has 0 unspecified atom stereocenters. The van der Waals surface area contributed by atoms with E-state index in [-0.39, 0.29) is 17.4 Å². The fourth-order valence-corrected chi connectivity index (χ4v) is 6.35. The van der Waals surface area contributed by atoms with Gasteiger partial charge in [-0.1, -0.05) is 0 Å². The zero-order valence-corrected chi connectivity index (χ0v) is 17.9.